The third-order valence-corrected chi connectivity index (χ3v) is 4.73. The molecule has 0 heterocycles. The van der Waals surface area contributed by atoms with E-state index in [1.807, 2.05) is 0 Å². The van der Waals surface area contributed by atoms with Crippen molar-refractivity contribution in [1.82, 2.24) is 0 Å². The first-order valence-electron chi connectivity index (χ1n) is 8.40. The fraction of sp³-hybridized carbons (Fsp3) is 0.381. The summed E-state index contributed by atoms with van der Waals surface area (Å²) < 4.78 is 0. The molecule has 0 aromatic heterocycles. The Bertz CT molecular complexity index is 677. The van der Waals surface area contributed by atoms with Gasteiger partial charge in [0.25, 0.3) is 0 Å². The SMILES string of the molecule is CC(C)Cc1ccc(-c2ccc(CC3(C(=O)O)CC3)cc2)cc1. The van der Waals surface area contributed by atoms with Gasteiger partial charge in [-0.2, -0.15) is 0 Å². The molecule has 0 saturated heterocycles. The zero-order valence-electron chi connectivity index (χ0n) is 13.9. The van der Waals surface area contributed by atoms with E-state index in [4.69, 9.17) is 0 Å². The van der Waals surface area contributed by atoms with Crippen molar-refractivity contribution < 1.29 is 9.90 Å². The molecule has 0 radical (unpaired) electrons. The number of carboxylic acid groups (broad SMARTS) is 1. The molecule has 1 aliphatic carbocycles. The second kappa shape index (κ2) is 6.19. The van der Waals surface area contributed by atoms with E-state index in [1.165, 1.54) is 16.7 Å². The maximum atomic E-state index is 11.3. The molecule has 0 bridgehead atoms. The van der Waals surface area contributed by atoms with Crippen molar-refractivity contribution in [2.75, 3.05) is 0 Å². The molecule has 1 N–H and O–H groups in total. The number of aliphatic carboxylic acids is 1. The minimum atomic E-state index is -0.651. The van der Waals surface area contributed by atoms with Gasteiger partial charge in [-0.05, 0) is 53.9 Å². The Balaban J connectivity index is 1.71. The highest BCUT2D eigenvalue weighted by atomic mass is 16.4. The van der Waals surface area contributed by atoms with Crippen LogP contribution in [0.3, 0.4) is 0 Å². The summed E-state index contributed by atoms with van der Waals surface area (Å²) in [5, 5.41) is 9.29. The number of carboxylic acids is 1. The van der Waals surface area contributed by atoms with Crippen LogP contribution < -0.4 is 0 Å². The predicted octanol–water partition coefficient (Wildman–Crippen LogP) is 4.96. The predicted molar refractivity (Wildman–Crippen MR) is 93.4 cm³/mol. The fourth-order valence-electron chi connectivity index (χ4n) is 3.13. The van der Waals surface area contributed by atoms with Gasteiger partial charge in [0.05, 0.1) is 5.41 Å². The first kappa shape index (κ1) is 15.8. The van der Waals surface area contributed by atoms with Gasteiger partial charge >= 0.3 is 5.97 Å². The highest BCUT2D eigenvalue weighted by molar-refractivity contribution is 5.78. The minimum absolute atomic E-state index is 0.486. The average Bonchev–Trinajstić information content (AvgIpc) is 3.29. The lowest BCUT2D eigenvalue weighted by molar-refractivity contribution is -0.143. The van der Waals surface area contributed by atoms with Gasteiger partial charge in [-0.3, -0.25) is 4.79 Å². The monoisotopic (exact) mass is 308 g/mol. The topological polar surface area (TPSA) is 37.3 Å². The molecule has 23 heavy (non-hydrogen) atoms. The second-order valence-corrected chi connectivity index (χ2v) is 7.25. The highest BCUT2D eigenvalue weighted by Crippen LogP contribution is 2.48. The van der Waals surface area contributed by atoms with Crippen molar-refractivity contribution in [2.45, 2.75) is 39.5 Å². The first-order valence-corrected chi connectivity index (χ1v) is 8.40. The quantitative estimate of drug-likeness (QED) is 0.819. The lowest BCUT2D eigenvalue weighted by Gasteiger charge is -2.11. The molecule has 0 spiro atoms. The molecular formula is C21H24O2. The Morgan fingerprint density at radius 2 is 1.43 bits per heavy atom. The molecule has 0 atom stereocenters. The summed E-state index contributed by atoms with van der Waals surface area (Å²) >= 11 is 0. The van der Waals surface area contributed by atoms with E-state index in [0.717, 1.165) is 24.8 Å². The molecule has 0 unspecified atom stereocenters. The normalized spacial score (nSPS) is 15.6. The summed E-state index contributed by atoms with van der Waals surface area (Å²) in [7, 11) is 0. The van der Waals surface area contributed by atoms with Crippen LogP contribution in [-0.2, 0) is 17.6 Å². The smallest absolute Gasteiger partial charge is 0.309 e. The summed E-state index contributed by atoms with van der Waals surface area (Å²) in [6.45, 7) is 4.47. The van der Waals surface area contributed by atoms with Crippen LogP contribution in [0.15, 0.2) is 48.5 Å². The molecule has 1 aliphatic rings. The summed E-state index contributed by atoms with van der Waals surface area (Å²) in [6, 6.07) is 17.1. The van der Waals surface area contributed by atoms with Gasteiger partial charge in [-0.25, -0.2) is 0 Å². The largest absolute Gasteiger partial charge is 0.481 e. The Kier molecular flexibility index (Phi) is 4.25. The second-order valence-electron chi connectivity index (χ2n) is 7.25. The van der Waals surface area contributed by atoms with Crippen LogP contribution in [0.25, 0.3) is 11.1 Å². The van der Waals surface area contributed by atoms with Crippen LogP contribution in [0.4, 0.5) is 0 Å². The van der Waals surface area contributed by atoms with Crippen molar-refractivity contribution in [3.63, 3.8) is 0 Å². The van der Waals surface area contributed by atoms with Crippen LogP contribution in [0.1, 0.15) is 37.8 Å². The van der Waals surface area contributed by atoms with Gasteiger partial charge in [0.2, 0.25) is 0 Å². The maximum absolute atomic E-state index is 11.3. The van der Waals surface area contributed by atoms with Crippen molar-refractivity contribution in [3.8, 4) is 11.1 Å². The number of hydrogen-bond donors (Lipinski definition) is 1. The van der Waals surface area contributed by atoms with Gasteiger partial charge in [0.15, 0.2) is 0 Å². The van der Waals surface area contributed by atoms with Crippen molar-refractivity contribution in [2.24, 2.45) is 11.3 Å². The number of carbonyl (C=O) groups is 1. The van der Waals surface area contributed by atoms with Gasteiger partial charge in [0.1, 0.15) is 0 Å². The van der Waals surface area contributed by atoms with E-state index >= 15 is 0 Å². The van der Waals surface area contributed by atoms with Crippen LogP contribution in [-0.4, -0.2) is 11.1 Å². The lowest BCUT2D eigenvalue weighted by Crippen LogP contribution is -2.17. The van der Waals surface area contributed by atoms with E-state index in [1.54, 1.807) is 0 Å². The van der Waals surface area contributed by atoms with Crippen molar-refractivity contribution in [1.29, 1.82) is 0 Å². The van der Waals surface area contributed by atoms with E-state index < -0.39 is 11.4 Å². The molecule has 1 fully saturated rings. The van der Waals surface area contributed by atoms with Gasteiger partial charge < -0.3 is 5.11 Å². The molecule has 2 heteroatoms. The average molecular weight is 308 g/mol. The highest BCUT2D eigenvalue weighted by Gasteiger charge is 2.49. The Morgan fingerprint density at radius 1 is 0.957 bits per heavy atom. The molecule has 0 amide bonds. The summed E-state index contributed by atoms with van der Waals surface area (Å²) in [4.78, 5) is 11.3. The Morgan fingerprint density at radius 3 is 1.83 bits per heavy atom. The standard InChI is InChI=1S/C21H24O2/c1-15(2)13-16-3-7-18(8-4-16)19-9-5-17(6-10-19)14-21(11-12-21)20(22)23/h3-10,15H,11-14H2,1-2H3,(H,22,23). The Hall–Kier alpha value is -2.09. The zero-order chi connectivity index (χ0) is 16.4. The Labute approximate surface area is 138 Å². The van der Waals surface area contributed by atoms with Crippen LogP contribution >= 0.6 is 0 Å². The molecule has 2 aromatic carbocycles. The molecule has 2 nitrogen and oxygen atoms in total. The maximum Gasteiger partial charge on any atom is 0.309 e. The molecule has 3 rings (SSSR count). The van der Waals surface area contributed by atoms with Crippen LogP contribution in [0.5, 0.6) is 0 Å². The molecule has 120 valence electrons. The third-order valence-electron chi connectivity index (χ3n) is 4.73. The number of hydrogen-bond acceptors (Lipinski definition) is 1. The minimum Gasteiger partial charge on any atom is -0.481 e. The third kappa shape index (κ3) is 3.64. The van der Waals surface area contributed by atoms with E-state index in [2.05, 4.69) is 62.4 Å². The number of benzene rings is 2. The van der Waals surface area contributed by atoms with Crippen LogP contribution in [0, 0.1) is 11.3 Å². The molecule has 0 aliphatic heterocycles. The number of rotatable bonds is 6. The van der Waals surface area contributed by atoms with Crippen LogP contribution in [0.2, 0.25) is 0 Å². The van der Waals surface area contributed by atoms with E-state index in [-0.39, 0.29) is 0 Å². The summed E-state index contributed by atoms with van der Waals surface area (Å²) in [6.07, 6.45) is 3.37. The molecular weight excluding hydrogens is 284 g/mol. The summed E-state index contributed by atoms with van der Waals surface area (Å²) in [5.74, 6) is 0.0198. The first-order chi connectivity index (χ1) is 11.0. The van der Waals surface area contributed by atoms with Crippen molar-refractivity contribution >= 4 is 5.97 Å². The molecule has 1 saturated carbocycles. The van der Waals surface area contributed by atoms with Gasteiger partial charge in [0, 0.05) is 0 Å². The fourth-order valence-corrected chi connectivity index (χ4v) is 3.13. The van der Waals surface area contributed by atoms with Crippen molar-refractivity contribution in [3.05, 3.63) is 59.7 Å². The van der Waals surface area contributed by atoms with Gasteiger partial charge in [-0.1, -0.05) is 62.4 Å². The lowest BCUT2D eigenvalue weighted by atomic mass is 9.94. The molecule has 2 aromatic rings. The van der Waals surface area contributed by atoms with Gasteiger partial charge in [-0.15, -0.1) is 0 Å². The van der Waals surface area contributed by atoms with E-state index in [0.29, 0.717) is 12.3 Å². The zero-order valence-corrected chi connectivity index (χ0v) is 13.9. The summed E-state index contributed by atoms with van der Waals surface area (Å²) in [5.41, 5.74) is 4.40. The van der Waals surface area contributed by atoms with E-state index in [9.17, 15) is 9.90 Å².